The summed E-state index contributed by atoms with van der Waals surface area (Å²) in [6.45, 7) is 4.86. The lowest BCUT2D eigenvalue weighted by atomic mass is 10.2. The summed E-state index contributed by atoms with van der Waals surface area (Å²) in [4.78, 5) is 4.34. The second-order valence-electron chi connectivity index (χ2n) is 3.72. The monoisotopic (exact) mass is 251 g/mol. The lowest BCUT2D eigenvalue weighted by Gasteiger charge is -2.05. The van der Waals surface area contributed by atoms with E-state index in [1.165, 1.54) is 0 Å². The third-order valence-electron chi connectivity index (χ3n) is 2.44. The normalized spacial score (nSPS) is 12.6. The Morgan fingerprint density at radius 3 is 2.88 bits per heavy atom. The summed E-state index contributed by atoms with van der Waals surface area (Å²) in [6, 6.07) is 7.48. The SMILES string of the molecule is CCNC(C)c1nc(-c2ccccc2Cl)no1. The first kappa shape index (κ1) is 12.1. The minimum absolute atomic E-state index is 0.0451. The number of nitrogens with one attached hydrogen (secondary N) is 1. The van der Waals surface area contributed by atoms with Gasteiger partial charge in [0.2, 0.25) is 11.7 Å². The molecule has 1 atom stereocenters. The fourth-order valence-corrected chi connectivity index (χ4v) is 1.78. The molecule has 17 heavy (non-hydrogen) atoms. The largest absolute Gasteiger partial charge is 0.337 e. The van der Waals surface area contributed by atoms with Gasteiger partial charge in [-0.15, -0.1) is 0 Å². The zero-order valence-corrected chi connectivity index (χ0v) is 10.5. The Morgan fingerprint density at radius 2 is 2.18 bits per heavy atom. The Bertz CT molecular complexity index is 498. The fraction of sp³-hybridized carbons (Fsp3) is 0.333. The number of halogens is 1. The van der Waals surface area contributed by atoms with Crippen LogP contribution >= 0.6 is 11.6 Å². The number of hydrogen-bond donors (Lipinski definition) is 1. The second kappa shape index (κ2) is 5.29. The predicted octanol–water partition coefficient (Wildman–Crippen LogP) is 3.06. The number of aromatic nitrogens is 2. The first-order chi connectivity index (χ1) is 8.22. The van der Waals surface area contributed by atoms with E-state index < -0.39 is 0 Å². The van der Waals surface area contributed by atoms with E-state index in [2.05, 4.69) is 15.5 Å². The van der Waals surface area contributed by atoms with Crippen LogP contribution in [0.4, 0.5) is 0 Å². The maximum Gasteiger partial charge on any atom is 0.243 e. The molecule has 4 nitrogen and oxygen atoms in total. The van der Waals surface area contributed by atoms with Gasteiger partial charge >= 0.3 is 0 Å². The van der Waals surface area contributed by atoms with Crippen molar-refractivity contribution in [1.82, 2.24) is 15.5 Å². The summed E-state index contributed by atoms with van der Waals surface area (Å²) in [5.74, 6) is 1.09. The highest BCUT2D eigenvalue weighted by atomic mass is 35.5. The first-order valence-electron chi connectivity index (χ1n) is 5.54. The van der Waals surface area contributed by atoms with Gasteiger partial charge in [0.1, 0.15) is 0 Å². The highest BCUT2D eigenvalue weighted by Crippen LogP contribution is 2.25. The molecular formula is C12H14ClN3O. The van der Waals surface area contributed by atoms with Gasteiger partial charge in [0.15, 0.2) is 0 Å². The third kappa shape index (κ3) is 2.65. The lowest BCUT2D eigenvalue weighted by molar-refractivity contribution is 0.342. The quantitative estimate of drug-likeness (QED) is 0.907. The van der Waals surface area contributed by atoms with E-state index in [9.17, 15) is 0 Å². The van der Waals surface area contributed by atoms with Crippen molar-refractivity contribution in [2.45, 2.75) is 19.9 Å². The molecule has 0 amide bonds. The summed E-state index contributed by atoms with van der Waals surface area (Å²) >= 11 is 6.07. The van der Waals surface area contributed by atoms with Gasteiger partial charge < -0.3 is 9.84 Å². The summed E-state index contributed by atoms with van der Waals surface area (Å²) in [7, 11) is 0. The van der Waals surface area contributed by atoms with Crippen LogP contribution in [0.25, 0.3) is 11.4 Å². The molecule has 1 aromatic heterocycles. The van der Waals surface area contributed by atoms with Crippen molar-refractivity contribution in [2.75, 3.05) is 6.54 Å². The maximum absolute atomic E-state index is 6.07. The number of rotatable bonds is 4. The van der Waals surface area contributed by atoms with Crippen molar-refractivity contribution < 1.29 is 4.52 Å². The van der Waals surface area contributed by atoms with Gasteiger partial charge in [-0.3, -0.25) is 0 Å². The van der Waals surface area contributed by atoms with Crippen molar-refractivity contribution in [3.8, 4) is 11.4 Å². The summed E-state index contributed by atoms with van der Waals surface area (Å²) in [6.07, 6.45) is 0. The Balaban J connectivity index is 2.27. The fourth-order valence-electron chi connectivity index (χ4n) is 1.56. The van der Waals surface area contributed by atoms with Crippen LogP contribution in [-0.4, -0.2) is 16.7 Å². The summed E-state index contributed by atoms with van der Waals surface area (Å²) < 4.78 is 5.21. The minimum Gasteiger partial charge on any atom is -0.337 e. The van der Waals surface area contributed by atoms with Gasteiger partial charge in [-0.05, 0) is 25.6 Å². The Morgan fingerprint density at radius 1 is 1.41 bits per heavy atom. The molecule has 0 aliphatic heterocycles. The lowest BCUT2D eigenvalue weighted by Crippen LogP contribution is -2.17. The molecule has 5 heteroatoms. The molecule has 90 valence electrons. The molecule has 1 unspecified atom stereocenters. The van der Waals surface area contributed by atoms with Crippen molar-refractivity contribution >= 4 is 11.6 Å². The van der Waals surface area contributed by atoms with E-state index >= 15 is 0 Å². The van der Waals surface area contributed by atoms with Crippen LogP contribution in [0.1, 0.15) is 25.8 Å². The maximum atomic E-state index is 6.07. The molecular weight excluding hydrogens is 238 g/mol. The molecule has 0 saturated carbocycles. The highest BCUT2D eigenvalue weighted by molar-refractivity contribution is 6.33. The van der Waals surface area contributed by atoms with E-state index in [0.717, 1.165) is 12.1 Å². The number of hydrogen-bond acceptors (Lipinski definition) is 4. The molecule has 0 saturated heterocycles. The molecule has 2 aromatic rings. The number of benzene rings is 1. The Kier molecular flexibility index (Phi) is 3.76. The Labute approximate surface area is 105 Å². The van der Waals surface area contributed by atoms with Crippen molar-refractivity contribution in [1.29, 1.82) is 0 Å². The molecule has 0 spiro atoms. The van der Waals surface area contributed by atoms with Crippen LogP contribution in [0.5, 0.6) is 0 Å². The van der Waals surface area contributed by atoms with Crippen molar-refractivity contribution in [2.24, 2.45) is 0 Å². The number of nitrogens with zero attached hydrogens (tertiary/aromatic N) is 2. The van der Waals surface area contributed by atoms with Gasteiger partial charge in [0.25, 0.3) is 0 Å². The van der Waals surface area contributed by atoms with Crippen LogP contribution in [0, 0.1) is 0 Å². The van der Waals surface area contributed by atoms with Crippen LogP contribution in [-0.2, 0) is 0 Å². The molecule has 1 aromatic carbocycles. The van der Waals surface area contributed by atoms with E-state index in [-0.39, 0.29) is 6.04 Å². The zero-order valence-electron chi connectivity index (χ0n) is 9.77. The second-order valence-corrected chi connectivity index (χ2v) is 4.12. The van der Waals surface area contributed by atoms with Gasteiger partial charge in [0, 0.05) is 5.56 Å². The molecule has 0 fully saturated rings. The van der Waals surface area contributed by atoms with Crippen LogP contribution in [0.15, 0.2) is 28.8 Å². The molecule has 0 aliphatic carbocycles. The van der Waals surface area contributed by atoms with E-state index in [1.807, 2.05) is 32.0 Å². The zero-order chi connectivity index (χ0) is 12.3. The van der Waals surface area contributed by atoms with Gasteiger partial charge in [-0.2, -0.15) is 4.98 Å². The van der Waals surface area contributed by atoms with Gasteiger partial charge in [-0.25, -0.2) is 0 Å². The first-order valence-corrected chi connectivity index (χ1v) is 5.92. The van der Waals surface area contributed by atoms with Gasteiger partial charge in [-0.1, -0.05) is 35.8 Å². The molecule has 1 heterocycles. The molecule has 0 radical (unpaired) electrons. The molecule has 0 bridgehead atoms. The smallest absolute Gasteiger partial charge is 0.243 e. The van der Waals surface area contributed by atoms with Gasteiger partial charge in [0.05, 0.1) is 11.1 Å². The van der Waals surface area contributed by atoms with E-state index in [4.69, 9.17) is 16.1 Å². The topological polar surface area (TPSA) is 51.0 Å². The van der Waals surface area contributed by atoms with Crippen LogP contribution in [0.3, 0.4) is 0 Å². The van der Waals surface area contributed by atoms with Crippen LogP contribution in [0.2, 0.25) is 5.02 Å². The summed E-state index contributed by atoms with van der Waals surface area (Å²) in [5, 5.41) is 7.77. The van der Waals surface area contributed by atoms with E-state index in [1.54, 1.807) is 6.07 Å². The van der Waals surface area contributed by atoms with Crippen LogP contribution < -0.4 is 5.32 Å². The average molecular weight is 252 g/mol. The Hall–Kier alpha value is -1.39. The minimum atomic E-state index is 0.0451. The van der Waals surface area contributed by atoms with Crippen molar-refractivity contribution in [3.63, 3.8) is 0 Å². The highest BCUT2D eigenvalue weighted by Gasteiger charge is 2.15. The third-order valence-corrected chi connectivity index (χ3v) is 2.77. The predicted molar refractivity (Wildman–Crippen MR) is 66.8 cm³/mol. The van der Waals surface area contributed by atoms with Crippen molar-refractivity contribution in [3.05, 3.63) is 35.2 Å². The summed E-state index contributed by atoms with van der Waals surface area (Å²) in [5.41, 5.74) is 0.785. The molecule has 2 rings (SSSR count). The van der Waals surface area contributed by atoms with E-state index in [0.29, 0.717) is 16.7 Å². The molecule has 0 aliphatic rings. The average Bonchev–Trinajstić information content (AvgIpc) is 2.79. The standard InChI is InChI=1S/C12H14ClN3O/c1-3-14-8(2)12-15-11(16-17-12)9-6-4-5-7-10(9)13/h4-8,14H,3H2,1-2H3. The molecule has 1 N–H and O–H groups in total.